The first-order chi connectivity index (χ1) is 9.94. The fourth-order valence-electron chi connectivity index (χ4n) is 2.77. The fraction of sp³-hybridized carbons (Fsp3) is 0.643. The van der Waals surface area contributed by atoms with E-state index < -0.39 is 16.0 Å². The highest BCUT2D eigenvalue weighted by Crippen LogP contribution is 2.23. The normalized spacial score (nSPS) is 17.0. The summed E-state index contributed by atoms with van der Waals surface area (Å²) in [4.78, 5) is 11.1. The summed E-state index contributed by atoms with van der Waals surface area (Å²) in [6, 6.07) is 1.22. The predicted molar refractivity (Wildman–Crippen MR) is 78.8 cm³/mol. The molecule has 0 radical (unpaired) electrons. The van der Waals surface area contributed by atoms with Crippen molar-refractivity contribution in [2.75, 3.05) is 6.54 Å². The third-order valence-electron chi connectivity index (χ3n) is 4.03. The van der Waals surface area contributed by atoms with Gasteiger partial charge in [-0.3, -0.25) is 0 Å². The number of aromatic carboxylic acids is 1. The molecular formula is C14H22N2O4S. The number of carboxylic acid groups (broad SMARTS) is 1. The van der Waals surface area contributed by atoms with E-state index in [9.17, 15) is 13.2 Å². The molecule has 1 aromatic heterocycles. The summed E-state index contributed by atoms with van der Waals surface area (Å²) in [5.41, 5.74) is -0.00413. The SMILES string of the molecule is CCn1cc(S(=O)(=O)NCC2CCCCC2)cc1C(=O)O. The molecule has 0 aromatic carbocycles. The van der Waals surface area contributed by atoms with Crippen LogP contribution in [0.3, 0.4) is 0 Å². The third-order valence-corrected chi connectivity index (χ3v) is 5.42. The zero-order valence-electron chi connectivity index (χ0n) is 12.2. The second kappa shape index (κ2) is 6.62. The average molecular weight is 314 g/mol. The first-order valence-corrected chi connectivity index (χ1v) is 8.85. The van der Waals surface area contributed by atoms with E-state index in [0.29, 0.717) is 19.0 Å². The summed E-state index contributed by atoms with van der Waals surface area (Å²) in [5, 5.41) is 9.07. The number of rotatable bonds is 6. The van der Waals surface area contributed by atoms with Crippen molar-refractivity contribution in [2.45, 2.75) is 50.5 Å². The van der Waals surface area contributed by atoms with E-state index in [2.05, 4.69) is 4.72 Å². The van der Waals surface area contributed by atoms with Crippen molar-refractivity contribution in [1.29, 1.82) is 0 Å². The van der Waals surface area contributed by atoms with Crippen LogP contribution in [0.4, 0.5) is 0 Å². The third kappa shape index (κ3) is 3.85. The number of nitrogens with zero attached hydrogens (tertiary/aromatic N) is 1. The van der Waals surface area contributed by atoms with E-state index in [-0.39, 0.29) is 10.6 Å². The maximum atomic E-state index is 12.3. The Morgan fingerprint density at radius 1 is 1.38 bits per heavy atom. The molecule has 1 aliphatic carbocycles. The van der Waals surface area contributed by atoms with Crippen molar-refractivity contribution in [3.05, 3.63) is 18.0 Å². The Kier molecular flexibility index (Phi) is 5.05. The van der Waals surface area contributed by atoms with Crippen LogP contribution >= 0.6 is 0 Å². The Balaban J connectivity index is 2.09. The lowest BCUT2D eigenvalue weighted by atomic mass is 9.90. The summed E-state index contributed by atoms with van der Waals surface area (Å²) < 4.78 is 28.6. The Bertz CT molecular complexity index is 600. The van der Waals surface area contributed by atoms with Crippen molar-refractivity contribution >= 4 is 16.0 Å². The summed E-state index contributed by atoms with van der Waals surface area (Å²) >= 11 is 0. The lowest BCUT2D eigenvalue weighted by Gasteiger charge is -2.21. The number of aromatic nitrogens is 1. The van der Waals surface area contributed by atoms with E-state index in [4.69, 9.17) is 5.11 Å². The van der Waals surface area contributed by atoms with E-state index in [0.717, 1.165) is 25.7 Å². The van der Waals surface area contributed by atoms with Gasteiger partial charge in [-0.15, -0.1) is 0 Å². The molecule has 21 heavy (non-hydrogen) atoms. The largest absolute Gasteiger partial charge is 0.477 e. The Morgan fingerprint density at radius 2 is 2.05 bits per heavy atom. The molecule has 7 heteroatoms. The van der Waals surface area contributed by atoms with Gasteiger partial charge in [0.05, 0.1) is 0 Å². The smallest absolute Gasteiger partial charge is 0.352 e. The van der Waals surface area contributed by atoms with Crippen molar-refractivity contribution in [2.24, 2.45) is 5.92 Å². The van der Waals surface area contributed by atoms with Crippen LogP contribution in [0.15, 0.2) is 17.2 Å². The van der Waals surface area contributed by atoms with Crippen LogP contribution in [-0.2, 0) is 16.6 Å². The van der Waals surface area contributed by atoms with Crippen LogP contribution < -0.4 is 4.72 Å². The van der Waals surface area contributed by atoms with Crippen LogP contribution in [0, 0.1) is 5.92 Å². The highest BCUT2D eigenvalue weighted by Gasteiger charge is 2.22. The van der Waals surface area contributed by atoms with Gasteiger partial charge in [-0.05, 0) is 31.7 Å². The lowest BCUT2D eigenvalue weighted by Crippen LogP contribution is -2.30. The highest BCUT2D eigenvalue weighted by atomic mass is 32.2. The van der Waals surface area contributed by atoms with Crippen molar-refractivity contribution in [1.82, 2.24) is 9.29 Å². The maximum absolute atomic E-state index is 12.3. The number of carboxylic acids is 1. The molecule has 0 spiro atoms. The molecule has 0 unspecified atom stereocenters. The second-order valence-corrected chi connectivity index (χ2v) is 7.28. The molecule has 0 bridgehead atoms. The van der Waals surface area contributed by atoms with Crippen LogP contribution in [0.5, 0.6) is 0 Å². The highest BCUT2D eigenvalue weighted by molar-refractivity contribution is 7.89. The maximum Gasteiger partial charge on any atom is 0.352 e. The molecule has 2 N–H and O–H groups in total. The van der Waals surface area contributed by atoms with Gasteiger partial charge in [-0.25, -0.2) is 17.9 Å². The quantitative estimate of drug-likeness (QED) is 0.841. The molecule has 1 saturated carbocycles. The topological polar surface area (TPSA) is 88.4 Å². The minimum atomic E-state index is -3.64. The molecule has 1 aromatic rings. The molecular weight excluding hydrogens is 292 g/mol. The molecule has 6 nitrogen and oxygen atoms in total. The van der Waals surface area contributed by atoms with E-state index in [1.807, 2.05) is 0 Å². The van der Waals surface area contributed by atoms with Gasteiger partial charge in [0, 0.05) is 19.3 Å². The summed E-state index contributed by atoms with van der Waals surface area (Å²) in [6.45, 7) is 2.63. The van der Waals surface area contributed by atoms with E-state index in [1.165, 1.54) is 23.3 Å². The average Bonchev–Trinajstić information content (AvgIpc) is 2.92. The molecule has 118 valence electrons. The molecule has 0 amide bonds. The molecule has 1 fully saturated rings. The van der Waals surface area contributed by atoms with Gasteiger partial charge >= 0.3 is 5.97 Å². The van der Waals surface area contributed by atoms with Crippen molar-refractivity contribution in [3.8, 4) is 0 Å². The van der Waals surface area contributed by atoms with Crippen molar-refractivity contribution < 1.29 is 18.3 Å². The molecule has 1 aliphatic rings. The van der Waals surface area contributed by atoms with Crippen LogP contribution in [0.25, 0.3) is 0 Å². The van der Waals surface area contributed by atoms with Gasteiger partial charge in [0.2, 0.25) is 10.0 Å². The zero-order valence-corrected chi connectivity index (χ0v) is 13.0. The summed E-state index contributed by atoms with van der Waals surface area (Å²) in [5.74, 6) is -0.730. The first-order valence-electron chi connectivity index (χ1n) is 7.37. The first kappa shape index (κ1) is 16.0. The van der Waals surface area contributed by atoms with Gasteiger partial charge in [0.25, 0.3) is 0 Å². The van der Waals surface area contributed by atoms with Gasteiger partial charge in [0.15, 0.2) is 0 Å². The fourth-order valence-corrected chi connectivity index (χ4v) is 3.93. The molecule has 0 aliphatic heterocycles. The molecule has 0 saturated heterocycles. The number of hydrogen-bond acceptors (Lipinski definition) is 3. The second-order valence-electron chi connectivity index (χ2n) is 5.51. The number of sulfonamides is 1. The molecule has 2 rings (SSSR count). The van der Waals surface area contributed by atoms with E-state index in [1.54, 1.807) is 6.92 Å². The Hall–Kier alpha value is -1.34. The standard InChI is InChI=1S/C14H22N2O4S/c1-2-16-10-12(8-13(16)14(17)18)21(19,20)15-9-11-6-4-3-5-7-11/h8,10-11,15H,2-7,9H2,1H3,(H,17,18). The van der Waals surface area contributed by atoms with E-state index >= 15 is 0 Å². The zero-order chi connectivity index (χ0) is 15.5. The van der Waals surface area contributed by atoms with Crippen molar-refractivity contribution in [3.63, 3.8) is 0 Å². The Labute approximate surface area is 125 Å². The Morgan fingerprint density at radius 3 is 2.57 bits per heavy atom. The number of aryl methyl sites for hydroxylation is 1. The molecule has 0 atom stereocenters. The lowest BCUT2D eigenvalue weighted by molar-refractivity contribution is 0.0685. The van der Waals surface area contributed by atoms with Gasteiger partial charge in [0.1, 0.15) is 10.6 Å². The van der Waals surface area contributed by atoms with Crippen LogP contribution in [0.1, 0.15) is 49.5 Å². The van der Waals surface area contributed by atoms with Gasteiger partial charge in [-0.2, -0.15) is 0 Å². The predicted octanol–water partition coefficient (Wildman–Crippen LogP) is 2.06. The van der Waals surface area contributed by atoms with Crippen LogP contribution in [0.2, 0.25) is 0 Å². The van der Waals surface area contributed by atoms with Gasteiger partial charge < -0.3 is 9.67 Å². The monoisotopic (exact) mass is 314 g/mol. The van der Waals surface area contributed by atoms with Gasteiger partial charge in [-0.1, -0.05) is 19.3 Å². The minimum Gasteiger partial charge on any atom is -0.477 e. The number of nitrogens with one attached hydrogen (secondary N) is 1. The number of hydrogen-bond donors (Lipinski definition) is 2. The number of carbonyl (C=O) groups is 1. The van der Waals surface area contributed by atoms with Crippen LogP contribution in [-0.4, -0.2) is 30.6 Å². The molecule has 1 heterocycles. The minimum absolute atomic E-state index is 0.00413. The summed E-state index contributed by atoms with van der Waals surface area (Å²) in [7, 11) is -3.64. The summed E-state index contributed by atoms with van der Waals surface area (Å²) in [6.07, 6.45) is 7.03.